The highest BCUT2D eigenvalue weighted by Crippen LogP contribution is 2.17. The molecular weight excluding hydrogens is 166 g/mol. The van der Waals surface area contributed by atoms with E-state index in [9.17, 15) is 9.59 Å². The van der Waals surface area contributed by atoms with Crippen LogP contribution in [0.3, 0.4) is 0 Å². The fourth-order valence-electron chi connectivity index (χ4n) is 0.865. The summed E-state index contributed by atoms with van der Waals surface area (Å²) in [7, 11) is 0. The van der Waals surface area contributed by atoms with Crippen molar-refractivity contribution in [3.05, 3.63) is 0 Å². The maximum atomic E-state index is 11.4. The van der Waals surface area contributed by atoms with Crippen molar-refractivity contribution in [3.63, 3.8) is 0 Å². The highest BCUT2D eigenvalue weighted by atomic mass is 16.1. The van der Waals surface area contributed by atoms with Crippen LogP contribution in [0.25, 0.3) is 0 Å². The van der Waals surface area contributed by atoms with Gasteiger partial charge in [-0.1, -0.05) is 20.8 Å². The SMILES string of the molecule is CC(=O)C(N)CCC(=O)C(C)(C)C. The van der Waals surface area contributed by atoms with Crippen LogP contribution < -0.4 is 5.73 Å². The number of Topliss-reactive ketones (excluding diaryl/α,β-unsaturated/α-hetero) is 2. The zero-order valence-electron chi connectivity index (χ0n) is 8.89. The smallest absolute Gasteiger partial charge is 0.146 e. The minimum absolute atomic E-state index is 0.0540. The molecule has 1 atom stereocenters. The molecule has 76 valence electrons. The van der Waals surface area contributed by atoms with E-state index in [1.54, 1.807) is 0 Å². The van der Waals surface area contributed by atoms with Crippen molar-refractivity contribution in [1.29, 1.82) is 0 Å². The molecule has 0 radical (unpaired) electrons. The van der Waals surface area contributed by atoms with Crippen LogP contribution in [0.4, 0.5) is 0 Å². The first kappa shape index (κ1) is 12.3. The highest BCUT2D eigenvalue weighted by molar-refractivity contribution is 5.85. The van der Waals surface area contributed by atoms with Gasteiger partial charge < -0.3 is 5.73 Å². The molecule has 0 amide bonds. The lowest BCUT2D eigenvalue weighted by molar-refractivity contribution is -0.126. The number of hydrogen-bond acceptors (Lipinski definition) is 3. The minimum Gasteiger partial charge on any atom is -0.322 e. The fourth-order valence-corrected chi connectivity index (χ4v) is 0.865. The average molecular weight is 185 g/mol. The minimum atomic E-state index is -0.480. The average Bonchev–Trinajstić information content (AvgIpc) is 1.97. The van der Waals surface area contributed by atoms with E-state index >= 15 is 0 Å². The van der Waals surface area contributed by atoms with Crippen molar-refractivity contribution in [2.75, 3.05) is 0 Å². The molecule has 0 aliphatic heterocycles. The molecule has 3 nitrogen and oxygen atoms in total. The number of hydrogen-bond donors (Lipinski definition) is 1. The Morgan fingerprint density at radius 1 is 1.31 bits per heavy atom. The molecule has 1 unspecified atom stereocenters. The summed E-state index contributed by atoms with van der Waals surface area (Å²) >= 11 is 0. The van der Waals surface area contributed by atoms with Crippen LogP contribution in [0.15, 0.2) is 0 Å². The van der Waals surface area contributed by atoms with Crippen LogP contribution >= 0.6 is 0 Å². The van der Waals surface area contributed by atoms with Crippen LogP contribution in [-0.2, 0) is 9.59 Å². The van der Waals surface area contributed by atoms with Crippen LogP contribution in [0, 0.1) is 5.41 Å². The second-order valence-electron chi connectivity index (χ2n) is 4.43. The molecule has 0 fully saturated rings. The highest BCUT2D eigenvalue weighted by Gasteiger charge is 2.21. The largest absolute Gasteiger partial charge is 0.322 e. The quantitative estimate of drug-likeness (QED) is 0.718. The molecule has 2 N–H and O–H groups in total. The van der Waals surface area contributed by atoms with Gasteiger partial charge in [0.1, 0.15) is 11.6 Å². The summed E-state index contributed by atoms with van der Waals surface area (Å²) in [6.07, 6.45) is 0.857. The lowest BCUT2D eigenvalue weighted by Gasteiger charge is -2.17. The van der Waals surface area contributed by atoms with Gasteiger partial charge in [0.15, 0.2) is 0 Å². The van der Waals surface area contributed by atoms with E-state index < -0.39 is 6.04 Å². The van der Waals surface area contributed by atoms with E-state index in [1.165, 1.54) is 6.92 Å². The predicted octanol–water partition coefficient (Wildman–Crippen LogP) is 1.30. The van der Waals surface area contributed by atoms with Crippen LogP contribution in [0.2, 0.25) is 0 Å². The number of carbonyl (C=O) groups is 2. The molecule has 0 aromatic rings. The van der Waals surface area contributed by atoms with Gasteiger partial charge in [-0.25, -0.2) is 0 Å². The first-order valence-corrected chi connectivity index (χ1v) is 4.54. The Morgan fingerprint density at radius 2 is 1.77 bits per heavy atom. The molecule has 0 aliphatic carbocycles. The van der Waals surface area contributed by atoms with E-state index in [1.807, 2.05) is 20.8 Å². The second kappa shape index (κ2) is 4.51. The number of ketones is 2. The normalized spacial score (nSPS) is 13.9. The number of carbonyl (C=O) groups excluding carboxylic acids is 2. The molecule has 0 saturated heterocycles. The van der Waals surface area contributed by atoms with Gasteiger partial charge in [0, 0.05) is 11.8 Å². The van der Waals surface area contributed by atoms with Gasteiger partial charge in [-0.2, -0.15) is 0 Å². The molecule has 0 aromatic carbocycles. The lowest BCUT2D eigenvalue weighted by Crippen LogP contribution is -2.30. The molecule has 0 aromatic heterocycles. The second-order valence-corrected chi connectivity index (χ2v) is 4.43. The van der Waals surface area contributed by atoms with E-state index in [2.05, 4.69) is 0 Å². The zero-order valence-corrected chi connectivity index (χ0v) is 8.89. The van der Waals surface area contributed by atoms with E-state index in [0.717, 1.165) is 0 Å². The van der Waals surface area contributed by atoms with Crippen molar-refractivity contribution < 1.29 is 9.59 Å². The molecule has 0 heterocycles. The summed E-state index contributed by atoms with van der Waals surface area (Å²) in [4.78, 5) is 22.2. The third kappa shape index (κ3) is 4.78. The summed E-state index contributed by atoms with van der Waals surface area (Å²) in [5.74, 6) is 0.103. The van der Waals surface area contributed by atoms with E-state index in [-0.39, 0.29) is 17.0 Å². The van der Waals surface area contributed by atoms with Gasteiger partial charge in [-0.15, -0.1) is 0 Å². The van der Waals surface area contributed by atoms with Gasteiger partial charge >= 0.3 is 0 Å². The van der Waals surface area contributed by atoms with Gasteiger partial charge in [0.05, 0.1) is 6.04 Å². The summed E-state index contributed by atoms with van der Waals surface area (Å²) in [5.41, 5.74) is 5.18. The van der Waals surface area contributed by atoms with Gasteiger partial charge in [0.25, 0.3) is 0 Å². The van der Waals surface area contributed by atoms with Gasteiger partial charge in [-0.3, -0.25) is 9.59 Å². The van der Waals surface area contributed by atoms with Gasteiger partial charge in [-0.05, 0) is 13.3 Å². The molecule has 0 saturated carbocycles. The van der Waals surface area contributed by atoms with Crippen LogP contribution in [0.5, 0.6) is 0 Å². The molecule has 13 heavy (non-hydrogen) atoms. The lowest BCUT2D eigenvalue weighted by atomic mass is 9.87. The number of nitrogens with two attached hydrogens (primary N) is 1. The Balaban J connectivity index is 3.91. The Labute approximate surface area is 79.7 Å². The third-order valence-electron chi connectivity index (χ3n) is 2.04. The van der Waals surface area contributed by atoms with Gasteiger partial charge in [0.2, 0.25) is 0 Å². The summed E-state index contributed by atoms with van der Waals surface area (Å²) < 4.78 is 0. The summed E-state index contributed by atoms with van der Waals surface area (Å²) in [6, 6.07) is -0.480. The topological polar surface area (TPSA) is 60.2 Å². The Kier molecular flexibility index (Phi) is 4.27. The predicted molar refractivity (Wildman–Crippen MR) is 52.4 cm³/mol. The number of rotatable bonds is 4. The van der Waals surface area contributed by atoms with E-state index in [0.29, 0.717) is 12.8 Å². The van der Waals surface area contributed by atoms with Crippen LogP contribution in [0.1, 0.15) is 40.5 Å². The van der Waals surface area contributed by atoms with Crippen molar-refractivity contribution in [2.24, 2.45) is 11.1 Å². The summed E-state index contributed by atoms with van der Waals surface area (Å²) in [6.45, 7) is 7.06. The monoisotopic (exact) mass is 185 g/mol. The Bertz CT molecular complexity index is 203. The van der Waals surface area contributed by atoms with Crippen molar-refractivity contribution >= 4 is 11.6 Å². The third-order valence-corrected chi connectivity index (χ3v) is 2.04. The molecule has 0 spiro atoms. The maximum absolute atomic E-state index is 11.4. The van der Waals surface area contributed by atoms with Crippen molar-refractivity contribution in [2.45, 2.75) is 46.6 Å². The van der Waals surface area contributed by atoms with E-state index in [4.69, 9.17) is 5.73 Å². The zero-order chi connectivity index (χ0) is 10.6. The first-order chi connectivity index (χ1) is 5.75. The maximum Gasteiger partial charge on any atom is 0.146 e. The first-order valence-electron chi connectivity index (χ1n) is 4.54. The van der Waals surface area contributed by atoms with Crippen molar-refractivity contribution in [1.82, 2.24) is 0 Å². The molecular formula is C10H19NO2. The molecule has 3 heteroatoms. The van der Waals surface area contributed by atoms with Crippen molar-refractivity contribution in [3.8, 4) is 0 Å². The molecule has 0 rings (SSSR count). The fraction of sp³-hybridized carbons (Fsp3) is 0.800. The van der Waals surface area contributed by atoms with Crippen LogP contribution in [-0.4, -0.2) is 17.6 Å². The molecule has 0 bridgehead atoms. The Hall–Kier alpha value is -0.700. The summed E-state index contributed by atoms with van der Waals surface area (Å²) in [5, 5.41) is 0. The molecule has 0 aliphatic rings. The standard InChI is InChI=1S/C10H19NO2/c1-7(12)8(11)5-6-9(13)10(2,3)4/h8H,5-6,11H2,1-4H3. The Morgan fingerprint density at radius 3 is 2.08 bits per heavy atom.